The average Bonchev–Trinajstić information content (AvgIpc) is 2.14. The number of halogens is 2. The summed E-state index contributed by atoms with van der Waals surface area (Å²) in [6, 6.07) is 12.0. The van der Waals surface area contributed by atoms with Gasteiger partial charge in [0.2, 0.25) is 0 Å². The van der Waals surface area contributed by atoms with E-state index in [0.29, 0.717) is 0 Å². The quantitative estimate of drug-likeness (QED) is 0.361. The summed E-state index contributed by atoms with van der Waals surface area (Å²) < 4.78 is 0. The van der Waals surface area contributed by atoms with Gasteiger partial charge >= 0.3 is 20.4 Å². The van der Waals surface area contributed by atoms with Crippen LogP contribution in [-0.2, 0) is 20.4 Å². The van der Waals surface area contributed by atoms with E-state index in [-0.39, 0.29) is 45.2 Å². The summed E-state index contributed by atoms with van der Waals surface area (Å²) in [5, 5.41) is 12.5. The molecule has 0 atom stereocenters. The molecule has 1 aromatic rings. The van der Waals surface area contributed by atoms with Crippen LogP contribution >= 0.6 is 0 Å². The molecule has 0 saturated heterocycles. The minimum absolute atomic E-state index is 0. The predicted molar refractivity (Wildman–Crippen MR) is 36.4 cm³/mol. The number of hydrogen-bond donors (Lipinski definition) is 0. The first-order chi connectivity index (χ1) is 5.00. The molecule has 0 spiro atoms. The Hall–Kier alpha value is -0.558. The molecule has 1 aromatic carbocycles. The molecule has 0 fully saturated rings. The molecule has 0 aromatic heterocycles. The molecule has 0 N–H and O–H groups in total. The first-order valence-corrected chi connectivity index (χ1v) is 2.45. The molecule has 0 amide bonds. The van der Waals surface area contributed by atoms with Crippen LogP contribution in [-0.4, -0.2) is 0 Å². The van der Waals surface area contributed by atoms with E-state index < -0.39 is 0 Å². The third-order valence-corrected chi connectivity index (χ3v) is 0.667. The van der Waals surface area contributed by atoms with Gasteiger partial charge in [-0.15, -0.1) is 0 Å². The molecule has 0 aliphatic heterocycles. The van der Waals surface area contributed by atoms with Gasteiger partial charge < -0.3 is 48.5 Å². The van der Waals surface area contributed by atoms with Crippen LogP contribution in [0, 0.1) is 23.7 Å². The third-order valence-electron chi connectivity index (χ3n) is 0.667. The zero-order valence-electron chi connectivity index (χ0n) is 6.43. The van der Waals surface area contributed by atoms with Crippen LogP contribution in [0.4, 0.5) is 0 Å². The van der Waals surface area contributed by atoms with Gasteiger partial charge in [-0.3, -0.25) is 0 Å². The number of rotatable bonds is 0. The van der Waals surface area contributed by atoms with Gasteiger partial charge in [0.25, 0.3) is 0 Å². The summed E-state index contributed by atoms with van der Waals surface area (Å²) in [5.41, 5.74) is 0. The fraction of sp³-hybridized carbons (Fsp3) is 0. The zero-order chi connectivity index (χ0) is 8.24. The summed E-state index contributed by atoms with van der Waals surface area (Å²) in [4.78, 5) is 0. The van der Waals surface area contributed by atoms with E-state index in [1.807, 2.05) is 36.4 Å². The second-order valence-electron chi connectivity index (χ2n) is 1.15. The van der Waals surface area contributed by atoms with E-state index in [0.717, 1.165) is 0 Å². The monoisotopic (exact) mass is 306 g/mol. The molecular formula is C8H6Cl2N2Pd-2. The molecule has 2 nitrogen and oxygen atoms in total. The van der Waals surface area contributed by atoms with E-state index in [2.05, 4.69) is 0 Å². The van der Waals surface area contributed by atoms with Crippen molar-refractivity contribution >= 4 is 0 Å². The van der Waals surface area contributed by atoms with E-state index in [4.69, 9.17) is 23.7 Å². The molecule has 74 valence electrons. The van der Waals surface area contributed by atoms with Crippen LogP contribution < -0.4 is 24.8 Å². The topological polar surface area (TPSA) is 47.6 Å². The Morgan fingerprint density at radius 2 is 0.615 bits per heavy atom. The van der Waals surface area contributed by atoms with Gasteiger partial charge in [-0.2, -0.15) is 0 Å². The minimum Gasteiger partial charge on any atom is -1.00 e. The largest absolute Gasteiger partial charge is 2.00 e. The van der Waals surface area contributed by atoms with Crippen molar-refractivity contribution in [1.29, 1.82) is 10.5 Å². The van der Waals surface area contributed by atoms with E-state index in [1.165, 1.54) is 0 Å². The predicted octanol–water partition coefficient (Wildman–Crippen LogP) is -4.12. The molecule has 0 unspecified atom stereocenters. The van der Waals surface area contributed by atoms with E-state index in [1.54, 1.807) is 0 Å². The molecule has 0 aliphatic carbocycles. The number of benzene rings is 1. The van der Waals surface area contributed by atoms with Crippen LogP contribution in [0.25, 0.3) is 0 Å². The van der Waals surface area contributed by atoms with Gasteiger partial charge in [0.05, 0.1) is 0 Å². The molecule has 0 radical (unpaired) electrons. The van der Waals surface area contributed by atoms with Crippen LogP contribution in [0.5, 0.6) is 0 Å². The Labute approximate surface area is 105 Å². The van der Waals surface area contributed by atoms with Gasteiger partial charge in [0.15, 0.2) is 0 Å². The van der Waals surface area contributed by atoms with Crippen molar-refractivity contribution < 1.29 is 45.2 Å². The van der Waals surface area contributed by atoms with Crippen molar-refractivity contribution in [2.24, 2.45) is 0 Å². The standard InChI is InChI=1S/C6H6.2CN.2ClH.Pd/c1-2-4-6-5-3-1;2*1-2;;;/h1-6H;;;2*1H;/q;2*-1;;;+2/p-2. The molecular weight excluding hydrogens is 301 g/mol. The van der Waals surface area contributed by atoms with Crippen molar-refractivity contribution in [3.05, 3.63) is 49.5 Å². The van der Waals surface area contributed by atoms with Crippen LogP contribution in [0.3, 0.4) is 0 Å². The van der Waals surface area contributed by atoms with Crippen molar-refractivity contribution in [2.75, 3.05) is 0 Å². The van der Waals surface area contributed by atoms with Crippen molar-refractivity contribution in [1.82, 2.24) is 0 Å². The summed E-state index contributed by atoms with van der Waals surface area (Å²) in [6.07, 6.45) is 0. The van der Waals surface area contributed by atoms with Crippen LogP contribution in [0.1, 0.15) is 0 Å². The summed E-state index contributed by atoms with van der Waals surface area (Å²) in [6.45, 7) is 9.50. The van der Waals surface area contributed by atoms with Crippen molar-refractivity contribution in [3.8, 4) is 0 Å². The molecule has 0 heterocycles. The van der Waals surface area contributed by atoms with Gasteiger partial charge in [0.1, 0.15) is 0 Å². The first kappa shape index (κ1) is 29.4. The Bertz CT molecular complexity index is 145. The van der Waals surface area contributed by atoms with Gasteiger partial charge in [-0.05, 0) is 0 Å². The second kappa shape index (κ2) is 42.1. The van der Waals surface area contributed by atoms with Crippen LogP contribution in [0.2, 0.25) is 0 Å². The smallest absolute Gasteiger partial charge is 1.00 e. The fourth-order valence-electron chi connectivity index (χ4n) is 0.385. The fourth-order valence-corrected chi connectivity index (χ4v) is 0.385. The van der Waals surface area contributed by atoms with Gasteiger partial charge in [0, 0.05) is 0 Å². The number of hydrogen-bond acceptors (Lipinski definition) is 2. The number of nitrogens with zero attached hydrogens (tertiary/aromatic N) is 2. The molecule has 5 heteroatoms. The maximum Gasteiger partial charge on any atom is 2.00 e. The molecule has 13 heavy (non-hydrogen) atoms. The van der Waals surface area contributed by atoms with Crippen LogP contribution in [0.15, 0.2) is 36.4 Å². The average molecular weight is 307 g/mol. The summed E-state index contributed by atoms with van der Waals surface area (Å²) in [7, 11) is 0. The van der Waals surface area contributed by atoms with Gasteiger partial charge in [-0.1, -0.05) is 36.4 Å². The Kier molecular flexibility index (Phi) is 95.3. The Morgan fingerprint density at radius 1 is 0.538 bits per heavy atom. The summed E-state index contributed by atoms with van der Waals surface area (Å²) >= 11 is 0. The normalized spacial score (nSPS) is 4.00. The zero-order valence-corrected chi connectivity index (χ0v) is 9.50. The maximum absolute atomic E-state index is 6.25. The third kappa shape index (κ3) is 34.4. The molecule has 0 aliphatic rings. The SMILES string of the molecule is [C-]#N.[C-]#N.[Cl-].[Cl-].[Pd+2].c1ccccc1. The maximum atomic E-state index is 6.25. The first-order valence-electron chi connectivity index (χ1n) is 2.45. The minimum atomic E-state index is 0. The summed E-state index contributed by atoms with van der Waals surface area (Å²) in [5.74, 6) is 0. The molecule has 1 rings (SSSR count). The van der Waals surface area contributed by atoms with Crippen molar-refractivity contribution in [2.45, 2.75) is 0 Å². The van der Waals surface area contributed by atoms with Crippen molar-refractivity contribution in [3.63, 3.8) is 0 Å². The molecule has 0 saturated carbocycles. The van der Waals surface area contributed by atoms with Gasteiger partial charge in [-0.25, -0.2) is 0 Å². The Balaban J connectivity index is -0.0000000277. The molecule has 0 bridgehead atoms. The second-order valence-corrected chi connectivity index (χ2v) is 1.15. The van der Waals surface area contributed by atoms with E-state index in [9.17, 15) is 0 Å². The van der Waals surface area contributed by atoms with E-state index >= 15 is 0 Å². The Morgan fingerprint density at radius 3 is 0.692 bits per heavy atom.